The number of hydrogen-bond acceptors (Lipinski definition) is 6. The largest absolute Gasteiger partial charge is 0.458 e. The summed E-state index contributed by atoms with van der Waals surface area (Å²) < 4.78 is 26.5. The number of ketones is 2. The minimum atomic E-state index is -1.41. The molecule has 0 N–H and O–H groups in total. The lowest BCUT2D eigenvalue weighted by Gasteiger charge is -2.55. The highest BCUT2D eigenvalue weighted by atomic mass is 19.1. The molecule has 0 aromatic heterocycles. The molecule has 0 aromatic rings. The Morgan fingerprint density at radius 2 is 1.91 bits per heavy atom. The Kier molecular flexibility index (Phi) is 6.36. The fraction of sp³-hybridized carbons (Fsp3) is 0.704. The first kappa shape index (κ1) is 24.8. The lowest BCUT2D eigenvalue weighted by Crippen LogP contribution is -2.58. The number of halogens is 1. The Morgan fingerprint density at radius 3 is 2.59 bits per heavy atom. The third-order valence-corrected chi connectivity index (χ3v) is 9.04. The topological polar surface area (TPSA) is 86.7 Å². The fourth-order valence-electron chi connectivity index (χ4n) is 7.27. The van der Waals surface area contributed by atoms with Crippen molar-refractivity contribution in [3.63, 3.8) is 0 Å². The number of carbonyl (C=O) groups is 4. The van der Waals surface area contributed by atoms with E-state index in [2.05, 4.69) is 6.08 Å². The molecular formula is C27H35FO6. The molecule has 34 heavy (non-hydrogen) atoms. The van der Waals surface area contributed by atoms with Crippen molar-refractivity contribution in [2.24, 2.45) is 22.7 Å². The van der Waals surface area contributed by atoms with Crippen molar-refractivity contribution in [3.05, 3.63) is 23.3 Å². The van der Waals surface area contributed by atoms with E-state index >= 15 is 4.39 Å². The monoisotopic (exact) mass is 474 g/mol. The van der Waals surface area contributed by atoms with Crippen molar-refractivity contribution in [2.75, 3.05) is 6.61 Å². The van der Waals surface area contributed by atoms with Gasteiger partial charge < -0.3 is 9.47 Å². The summed E-state index contributed by atoms with van der Waals surface area (Å²) in [5, 5.41) is 0. The molecule has 4 rings (SSSR count). The van der Waals surface area contributed by atoms with Gasteiger partial charge in [0, 0.05) is 30.6 Å². The molecule has 0 aliphatic heterocycles. The number of Topliss-reactive ketones (excluding diaryl/α,β-unsaturated/α-hetero) is 1. The first-order valence-corrected chi connectivity index (χ1v) is 12.5. The highest BCUT2D eigenvalue weighted by Gasteiger charge is 2.67. The standard InChI is InChI=1S/C27H35FO6/c1-5-6-24(32)34-27(23(31)15-33-16(2)29)12-9-20-18-14-22(28)21-13-17(30)7-10-25(21,3)19(18)8-11-26(20,27)4/h8,13,18,20,22H,5-7,9-12,14-15H2,1-4H3/t18?,20?,22?,25-,26+,27+/m1/s1. The minimum Gasteiger partial charge on any atom is -0.458 e. The van der Waals surface area contributed by atoms with Gasteiger partial charge in [0.05, 0.1) is 0 Å². The van der Waals surface area contributed by atoms with Crippen molar-refractivity contribution in [3.8, 4) is 0 Å². The number of rotatable bonds is 6. The molecule has 4 aliphatic rings. The molecule has 0 bridgehead atoms. The summed E-state index contributed by atoms with van der Waals surface area (Å²) in [6.45, 7) is 6.66. The zero-order valence-corrected chi connectivity index (χ0v) is 20.6. The quantitative estimate of drug-likeness (QED) is 0.413. The Labute approximate surface area is 200 Å². The first-order valence-electron chi connectivity index (χ1n) is 12.5. The number of alkyl halides is 1. The second-order valence-electron chi connectivity index (χ2n) is 10.9. The molecule has 6 nitrogen and oxygen atoms in total. The third kappa shape index (κ3) is 3.66. The van der Waals surface area contributed by atoms with E-state index in [4.69, 9.17) is 9.47 Å². The van der Waals surface area contributed by atoms with Gasteiger partial charge in [-0.05, 0) is 62.0 Å². The average Bonchev–Trinajstić information content (AvgIpc) is 3.07. The van der Waals surface area contributed by atoms with Gasteiger partial charge in [0.25, 0.3) is 0 Å². The molecule has 6 atom stereocenters. The Hall–Kier alpha value is -2.31. The van der Waals surface area contributed by atoms with Gasteiger partial charge in [0.2, 0.25) is 5.78 Å². The summed E-state index contributed by atoms with van der Waals surface area (Å²) in [6, 6.07) is 0. The molecule has 186 valence electrons. The van der Waals surface area contributed by atoms with Crippen LogP contribution < -0.4 is 0 Å². The van der Waals surface area contributed by atoms with Crippen LogP contribution in [0, 0.1) is 22.7 Å². The normalized spacial score (nSPS) is 38.6. The molecule has 2 fully saturated rings. The van der Waals surface area contributed by atoms with E-state index in [1.807, 2.05) is 20.8 Å². The fourth-order valence-corrected chi connectivity index (χ4v) is 7.27. The molecule has 0 amide bonds. The highest BCUT2D eigenvalue weighted by Crippen LogP contribution is 2.66. The van der Waals surface area contributed by atoms with Gasteiger partial charge in [0.15, 0.2) is 18.0 Å². The molecule has 0 heterocycles. The number of esters is 2. The van der Waals surface area contributed by atoms with E-state index in [-0.39, 0.29) is 30.5 Å². The molecule has 2 saturated carbocycles. The van der Waals surface area contributed by atoms with Crippen LogP contribution in [-0.4, -0.2) is 41.9 Å². The molecular weight excluding hydrogens is 439 g/mol. The summed E-state index contributed by atoms with van der Waals surface area (Å²) in [5.41, 5.74) is -0.898. The van der Waals surface area contributed by atoms with Gasteiger partial charge in [-0.15, -0.1) is 0 Å². The van der Waals surface area contributed by atoms with Gasteiger partial charge >= 0.3 is 11.9 Å². The van der Waals surface area contributed by atoms with Crippen LogP contribution in [0.4, 0.5) is 4.39 Å². The van der Waals surface area contributed by atoms with Crippen LogP contribution in [0.25, 0.3) is 0 Å². The molecule has 0 spiro atoms. The van der Waals surface area contributed by atoms with Crippen LogP contribution in [0.5, 0.6) is 0 Å². The number of hydrogen-bond donors (Lipinski definition) is 0. The Bertz CT molecular complexity index is 982. The van der Waals surface area contributed by atoms with Crippen molar-refractivity contribution >= 4 is 23.5 Å². The van der Waals surface area contributed by atoms with Crippen LogP contribution in [0.1, 0.15) is 79.1 Å². The van der Waals surface area contributed by atoms with Crippen molar-refractivity contribution in [1.29, 1.82) is 0 Å². The second kappa shape index (κ2) is 8.72. The van der Waals surface area contributed by atoms with E-state index in [0.717, 1.165) is 5.57 Å². The Morgan fingerprint density at radius 1 is 1.18 bits per heavy atom. The number of allylic oxidation sites excluding steroid dienone is 4. The van der Waals surface area contributed by atoms with Gasteiger partial charge in [-0.1, -0.05) is 32.4 Å². The Balaban J connectivity index is 1.75. The number of carbonyl (C=O) groups excluding carboxylic acids is 4. The van der Waals surface area contributed by atoms with E-state index in [1.165, 1.54) is 13.0 Å². The second-order valence-corrected chi connectivity index (χ2v) is 10.9. The van der Waals surface area contributed by atoms with Gasteiger partial charge in [0.1, 0.15) is 6.17 Å². The van der Waals surface area contributed by atoms with Crippen molar-refractivity contribution < 1.29 is 33.0 Å². The SMILES string of the molecule is CCCC(=O)O[C@]1(C(=O)COC(C)=O)CCC2C3CC(F)C4=CC(=O)CC[C@]4(C)C3=CC[C@@]21C. The average molecular weight is 475 g/mol. The number of ether oxygens (including phenoxy) is 2. The van der Waals surface area contributed by atoms with Gasteiger partial charge in [-0.3, -0.25) is 19.2 Å². The summed E-state index contributed by atoms with van der Waals surface area (Å²) >= 11 is 0. The smallest absolute Gasteiger partial charge is 0.306 e. The van der Waals surface area contributed by atoms with Crippen molar-refractivity contribution in [1.82, 2.24) is 0 Å². The summed E-state index contributed by atoms with van der Waals surface area (Å²) in [4.78, 5) is 49.6. The van der Waals surface area contributed by atoms with Crippen LogP contribution >= 0.6 is 0 Å². The summed E-state index contributed by atoms with van der Waals surface area (Å²) in [6.07, 6.45) is 5.89. The third-order valence-electron chi connectivity index (χ3n) is 9.04. The van der Waals surface area contributed by atoms with Crippen LogP contribution in [-0.2, 0) is 28.7 Å². The van der Waals surface area contributed by atoms with E-state index in [1.54, 1.807) is 0 Å². The predicted octanol–water partition coefficient (Wildman–Crippen LogP) is 4.60. The van der Waals surface area contributed by atoms with Gasteiger partial charge in [-0.2, -0.15) is 0 Å². The zero-order valence-electron chi connectivity index (χ0n) is 20.6. The lowest BCUT2D eigenvalue weighted by molar-refractivity contribution is -0.186. The lowest BCUT2D eigenvalue weighted by atomic mass is 9.50. The molecule has 3 unspecified atom stereocenters. The van der Waals surface area contributed by atoms with Crippen LogP contribution in [0.15, 0.2) is 23.3 Å². The van der Waals surface area contributed by atoms with Crippen molar-refractivity contribution in [2.45, 2.75) is 90.8 Å². The highest BCUT2D eigenvalue weighted by molar-refractivity contribution is 5.94. The van der Waals surface area contributed by atoms with E-state index in [0.29, 0.717) is 44.1 Å². The molecule has 7 heteroatoms. The molecule has 0 aromatic carbocycles. The predicted molar refractivity (Wildman–Crippen MR) is 122 cm³/mol. The van der Waals surface area contributed by atoms with E-state index in [9.17, 15) is 19.2 Å². The molecule has 0 saturated heterocycles. The summed E-state index contributed by atoms with van der Waals surface area (Å²) in [5.74, 6) is -1.59. The number of fused-ring (bicyclic) bond motifs is 5. The minimum absolute atomic E-state index is 0.0198. The first-order chi connectivity index (χ1) is 16.0. The maximum atomic E-state index is 15.5. The summed E-state index contributed by atoms with van der Waals surface area (Å²) in [7, 11) is 0. The van der Waals surface area contributed by atoms with E-state index < -0.39 is 46.9 Å². The van der Waals surface area contributed by atoms with Crippen LogP contribution in [0.3, 0.4) is 0 Å². The molecule has 4 aliphatic carbocycles. The zero-order chi connectivity index (χ0) is 24.9. The maximum absolute atomic E-state index is 15.5. The molecule has 0 radical (unpaired) electrons. The van der Waals surface area contributed by atoms with Crippen LogP contribution in [0.2, 0.25) is 0 Å². The maximum Gasteiger partial charge on any atom is 0.306 e. The van der Waals surface area contributed by atoms with Gasteiger partial charge in [-0.25, -0.2) is 4.39 Å².